The molecule has 3 heteroatoms. The molecule has 4 aromatic rings. The second kappa shape index (κ2) is 4.81. The first-order valence-electron chi connectivity index (χ1n) is 7.07. The van der Waals surface area contributed by atoms with E-state index in [9.17, 15) is 4.79 Å². The number of benzene rings is 3. The predicted octanol–water partition coefficient (Wildman–Crippen LogP) is 4.33. The summed E-state index contributed by atoms with van der Waals surface area (Å²) in [4.78, 5) is 17.0. The molecule has 0 spiro atoms. The number of fused-ring (bicyclic) bond motifs is 3. The smallest absolute Gasteiger partial charge is 0.339 e. The van der Waals surface area contributed by atoms with E-state index in [1.165, 1.54) is 7.11 Å². The SMILES string of the molecule is COC(=O)c1c2ccccc2nc2cc3ccccc3cc12. The van der Waals surface area contributed by atoms with Crippen LogP contribution in [0.5, 0.6) is 0 Å². The van der Waals surface area contributed by atoms with Crippen LogP contribution in [-0.4, -0.2) is 18.1 Å². The summed E-state index contributed by atoms with van der Waals surface area (Å²) < 4.78 is 5.00. The number of ether oxygens (including phenoxy) is 1. The van der Waals surface area contributed by atoms with Gasteiger partial charge in [0.05, 0.1) is 23.7 Å². The van der Waals surface area contributed by atoms with Crippen LogP contribution in [-0.2, 0) is 4.74 Å². The van der Waals surface area contributed by atoms with Crippen LogP contribution in [0.25, 0.3) is 32.6 Å². The molecule has 0 bridgehead atoms. The van der Waals surface area contributed by atoms with Gasteiger partial charge in [0.25, 0.3) is 0 Å². The topological polar surface area (TPSA) is 39.2 Å². The Bertz CT molecular complexity index is 1030. The van der Waals surface area contributed by atoms with Gasteiger partial charge in [0.15, 0.2) is 0 Å². The highest BCUT2D eigenvalue weighted by molar-refractivity contribution is 6.16. The van der Waals surface area contributed by atoms with E-state index in [0.717, 1.165) is 32.6 Å². The number of carbonyl (C=O) groups excluding carboxylic acids is 1. The van der Waals surface area contributed by atoms with E-state index in [4.69, 9.17) is 9.72 Å². The van der Waals surface area contributed by atoms with Gasteiger partial charge in [0, 0.05) is 10.8 Å². The van der Waals surface area contributed by atoms with E-state index in [2.05, 4.69) is 0 Å². The van der Waals surface area contributed by atoms with Crippen molar-refractivity contribution in [2.45, 2.75) is 0 Å². The summed E-state index contributed by atoms with van der Waals surface area (Å²) in [5, 5.41) is 3.83. The van der Waals surface area contributed by atoms with Gasteiger partial charge >= 0.3 is 5.97 Å². The number of esters is 1. The van der Waals surface area contributed by atoms with Crippen molar-refractivity contribution in [3.8, 4) is 0 Å². The zero-order valence-corrected chi connectivity index (χ0v) is 12.0. The molecule has 0 saturated heterocycles. The number of nitrogens with zero attached hydrogens (tertiary/aromatic N) is 1. The Hall–Kier alpha value is -2.94. The molecule has 0 amide bonds. The lowest BCUT2D eigenvalue weighted by Crippen LogP contribution is -2.04. The third-order valence-corrected chi connectivity index (χ3v) is 3.94. The van der Waals surface area contributed by atoms with E-state index in [1.807, 2.05) is 60.7 Å². The molecule has 4 rings (SSSR count). The van der Waals surface area contributed by atoms with Crippen molar-refractivity contribution in [1.29, 1.82) is 0 Å². The number of methoxy groups -OCH3 is 1. The van der Waals surface area contributed by atoms with Gasteiger partial charge in [-0.1, -0.05) is 42.5 Å². The van der Waals surface area contributed by atoms with E-state index in [-0.39, 0.29) is 5.97 Å². The van der Waals surface area contributed by atoms with Gasteiger partial charge in [0.1, 0.15) is 0 Å². The van der Waals surface area contributed by atoms with E-state index >= 15 is 0 Å². The van der Waals surface area contributed by atoms with Gasteiger partial charge in [-0.2, -0.15) is 0 Å². The van der Waals surface area contributed by atoms with E-state index < -0.39 is 0 Å². The van der Waals surface area contributed by atoms with Crippen LogP contribution in [0.15, 0.2) is 60.7 Å². The van der Waals surface area contributed by atoms with Crippen LogP contribution in [0, 0.1) is 0 Å². The fourth-order valence-corrected chi connectivity index (χ4v) is 2.90. The number of hydrogen-bond donors (Lipinski definition) is 0. The van der Waals surface area contributed by atoms with Crippen LogP contribution in [0.2, 0.25) is 0 Å². The van der Waals surface area contributed by atoms with Gasteiger partial charge in [-0.05, 0) is 29.0 Å². The molecule has 3 nitrogen and oxygen atoms in total. The van der Waals surface area contributed by atoms with Crippen LogP contribution in [0.1, 0.15) is 10.4 Å². The molecule has 1 aromatic heterocycles. The van der Waals surface area contributed by atoms with Gasteiger partial charge in [-0.15, -0.1) is 0 Å². The molecule has 0 N–H and O–H groups in total. The average Bonchev–Trinajstić information content (AvgIpc) is 2.57. The fraction of sp³-hybridized carbons (Fsp3) is 0.0526. The highest BCUT2D eigenvalue weighted by atomic mass is 16.5. The third kappa shape index (κ3) is 1.83. The number of hydrogen-bond acceptors (Lipinski definition) is 3. The Labute approximate surface area is 127 Å². The summed E-state index contributed by atoms with van der Waals surface area (Å²) in [5.41, 5.74) is 2.18. The largest absolute Gasteiger partial charge is 0.465 e. The van der Waals surface area contributed by atoms with Gasteiger partial charge in [-0.25, -0.2) is 9.78 Å². The van der Waals surface area contributed by atoms with E-state index in [0.29, 0.717) is 5.56 Å². The number of rotatable bonds is 1. The lowest BCUT2D eigenvalue weighted by Gasteiger charge is -2.10. The van der Waals surface area contributed by atoms with Crippen molar-refractivity contribution in [2.24, 2.45) is 0 Å². The van der Waals surface area contributed by atoms with Crippen LogP contribution < -0.4 is 0 Å². The molecular weight excluding hydrogens is 274 g/mol. The Balaban J connectivity index is 2.24. The molecule has 0 aliphatic rings. The number of pyridine rings is 1. The van der Waals surface area contributed by atoms with Crippen molar-refractivity contribution in [1.82, 2.24) is 4.98 Å². The quantitative estimate of drug-likeness (QED) is 0.386. The minimum atomic E-state index is -0.334. The Morgan fingerprint density at radius 3 is 2.32 bits per heavy atom. The normalized spacial score (nSPS) is 11.1. The first kappa shape index (κ1) is 12.8. The number of para-hydroxylation sites is 1. The first-order chi connectivity index (χ1) is 10.8. The zero-order valence-electron chi connectivity index (χ0n) is 12.0. The number of aromatic nitrogens is 1. The molecule has 22 heavy (non-hydrogen) atoms. The van der Waals surface area contributed by atoms with Crippen molar-refractivity contribution in [3.05, 3.63) is 66.2 Å². The monoisotopic (exact) mass is 287 g/mol. The summed E-state index contributed by atoms with van der Waals surface area (Å²) in [6.45, 7) is 0. The maximum Gasteiger partial charge on any atom is 0.339 e. The standard InChI is InChI=1S/C19H13NO2/c1-22-19(21)18-14-8-4-5-9-16(14)20-17-11-13-7-3-2-6-12(13)10-15(17)18/h2-11H,1H3. The minimum absolute atomic E-state index is 0.334. The van der Waals surface area contributed by atoms with E-state index in [1.54, 1.807) is 0 Å². The molecule has 3 aromatic carbocycles. The third-order valence-electron chi connectivity index (χ3n) is 3.94. The Morgan fingerprint density at radius 1 is 0.864 bits per heavy atom. The van der Waals surface area contributed by atoms with Crippen LogP contribution in [0.3, 0.4) is 0 Å². The Morgan fingerprint density at radius 2 is 1.55 bits per heavy atom. The number of carbonyl (C=O) groups is 1. The van der Waals surface area contributed by atoms with Crippen molar-refractivity contribution >= 4 is 38.5 Å². The second-order valence-corrected chi connectivity index (χ2v) is 5.21. The van der Waals surface area contributed by atoms with Crippen LogP contribution in [0.4, 0.5) is 0 Å². The van der Waals surface area contributed by atoms with Gasteiger partial charge in [-0.3, -0.25) is 0 Å². The highest BCUT2D eigenvalue weighted by Crippen LogP contribution is 2.30. The molecule has 1 heterocycles. The maximum atomic E-state index is 12.3. The molecule has 0 aliphatic carbocycles. The summed E-state index contributed by atoms with van der Waals surface area (Å²) in [7, 11) is 1.41. The molecule has 0 unspecified atom stereocenters. The zero-order chi connectivity index (χ0) is 15.1. The van der Waals surface area contributed by atoms with Crippen molar-refractivity contribution in [3.63, 3.8) is 0 Å². The van der Waals surface area contributed by atoms with Crippen molar-refractivity contribution in [2.75, 3.05) is 7.11 Å². The Kier molecular flexibility index (Phi) is 2.79. The summed E-state index contributed by atoms with van der Waals surface area (Å²) in [5.74, 6) is -0.334. The summed E-state index contributed by atoms with van der Waals surface area (Å²) in [6, 6.07) is 19.7. The molecule has 106 valence electrons. The van der Waals surface area contributed by atoms with Gasteiger partial charge in [0.2, 0.25) is 0 Å². The molecule has 0 fully saturated rings. The molecule has 0 saturated carbocycles. The molecule has 0 atom stereocenters. The van der Waals surface area contributed by atoms with Gasteiger partial charge < -0.3 is 4.74 Å². The molecular formula is C19H13NO2. The highest BCUT2D eigenvalue weighted by Gasteiger charge is 2.16. The average molecular weight is 287 g/mol. The predicted molar refractivity (Wildman–Crippen MR) is 88.1 cm³/mol. The molecule has 0 radical (unpaired) electrons. The molecule has 0 aliphatic heterocycles. The lowest BCUT2D eigenvalue weighted by molar-refractivity contribution is 0.0605. The van der Waals surface area contributed by atoms with Crippen molar-refractivity contribution < 1.29 is 9.53 Å². The maximum absolute atomic E-state index is 12.3. The first-order valence-corrected chi connectivity index (χ1v) is 7.07. The minimum Gasteiger partial charge on any atom is -0.465 e. The lowest BCUT2D eigenvalue weighted by atomic mass is 9.99. The summed E-state index contributed by atoms with van der Waals surface area (Å²) in [6.07, 6.45) is 0. The van der Waals surface area contributed by atoms with Crippen LogP contribution >= 0.6 is 0 Å². The second-order valence-electron chi connectivity index (χ2n) is 5.21. The summed E-state index contributed by atoms with van der Waals surface area (Å²) >= 11 is 0. The fourth-order valence-electron chi connectivity index (χ4n) is 2.90.